The van der Waals surface area contributed by atoms with E-state index in [1.165, 1.54) is 6.92 Å². The zero-order chi connectivity index (χ0) is 25.8. The summed E-state index contributed by atoms with van der Waals surface area (Å²) in [6.45, 7) is 4.77. The van der Waals surface area contributed by atoms with Gasteiger partial charge in [-0.2, -0.15) is 0 Å². The summed E-state index contributed by atoms with van der Waals surface area (Å²) < 4.78 is 19.2. The molecule has 0 unspecified atom stereocenters. The number of ether oxygens (including phenoxy) is 4. The molecule has 0 bridgehead atoms. The molecule has 0 aromatic heterocycles. The first-order valence-electron chi connectivity index (χ1n) is 10.6. The molecule has 1 aromatic rings. The van der Waals surface area contributed by atoms with Crippen molar-refractivity contribution in [2.24, 2.45) is 17.8 Å². The molecule has 0 radical (unpaired) electrons. The van der Waals surface area contributed by atoms with Crippen molar-refractivity contribution in [1.82, 2.24) is 10.6 Å². The maximum atomic E-state index is 13.0. The largest absolute Gasteiger partial charge is 0.468 e. The van der Waals surface area contributed by atoms with Crippen LogP contribution in [0.4, 0.5) is 4.79 Å². The second-order valence-electron chi connectivity index (χ2n) is 7.82. The summed E-state index contributed by atoms with van der Waals surface area (Å²) >= 11 is 0. The lowest BCUT2D eigenvalue weighted by Gasteiger charge is -2.29. The fraction of sp³-hybridized carbons (Fsp3) is 0.522. The first kappa shape index (κ1) is 28.4. The van der Waals surface area contributed by atoms with Crippen molar-refractivity contribution in [2.45, 2.75) is 39.5 Å². The monoisotopic (exact) mass is 480 g/mol. The number of hydrogen-bond donors (Lipinski definition) is 2. The van der Waals surface area contributed by atoms with Crippen molar-refractivity contribution < 1.29 is 42.9 Å². The molecule has 2 N–H and O–H groups in total. The van der Waals surface area contributed by atoms with Gasteiger partial charge in [0, 0.05) is 5.92 Å². The summed E-state index contributed by atoms with van der Waals surface area (Å²) in [5.74, 6) is -6.49. The van der Waals surface area contributed by atoms with Gasteiger partial charge >= 0.3 is 24.0 Å². The fourth-order valence-electron chi connectivity index (χ4n) is 3.17. The van der Waals surface area contributed by atoms with Gasteiger partial charge in [-0.3, -0.25) is 14.4 Å². The third-order valence-electron chi connectivity index (χ3n) is 5.15. The zero-order valence-corrected chi connectivity index (χ0v) is 20.2. The number of esters is 3. The second-order valence-corrected chi connectivity index (χ2v) is 7.82. The van der Waals surface area contributed by atoms with Gasteiger partial charge in [0.2, 0.25) is 5.91 Å². The van der Waals surface area contributed by atoms with Crippen LogP contribution in [0, 0.1) is 17.8 Å². The first-order valence-corrected chi connectivity index (χ1v) is 10.6. The van der Waals surface area contributed by atoms with Gasteiger partial charge in [0.15, 0.2) is 5.92 Å². The van der Waals surface area contributed by atoms with Gasteiger partial charge in [0.05, 0.1) is 21.3 Å². The highest BCUT2D eigenvalue weighted by Crippen LogP contribution is 2.21. The predicted molar refractivity (Wildman–Crippen MR) is 119 cm³/mol. The number of rotatable bonds is 11. The number of nitrogens with one attached hydrogen (secondary N) is 2. The zero-order valence-electron chi connectivity index (χ0n) is 20.2. The summed E-state index contributed by atoms with van der Waals surface area (Å²) in [5.41, 5.74) is 0.763. The van der Waals surface area contributed by atoms with E-state index in [0.29, 0.717) is 0 Å². The lowest BCUT2D eigenvalue weighted by molar-refractivity contribution is -0.163. The Kier molecular flexibility index (Phi) is 11.5. The van der Waals surface area contributed by atoms with Crippen LogP contribution in [-0.4, -0.2) is 63.3 Å². The topological polar surface area (TPSA) is 146 Å². The molecule has 0 aliphatic carbocycles. The Labute approximate surface area is 198 Å². The van der Waals surface area contributed by atoms with Crippen molar-refractivity contribution >= 4 is 29.9 Å². The van der Waals surface area contributed by atoms with Gasteiger partial charge in [-0.05, 0) is 11.5 Å². The number of carbonyl (C=O) groups excluding carboxylic acids is 5. The molecular weight excluding hydrogens is 448 g/mol. The predicted octanol–water partition coefficient (Wildman–Crippen LogP) is 1.19. The van der Waals surface area contributed by atoms with Gasteiger partial charge < -0.3 is 29.6 Å². The summed E-state index contributed by atoms with van der Waals surface area (Å²) in [4.78, 5) is 62.1. The molecule has 2 amide bonds. The smallest absolute Gasteiger partial charge is 0.408 e. The quantitative estimate of drug-likeness (QED) is 0.271. The molecular formula is C23H32N2O9. The van der Waals surface area contributed by atoms with Crippen molar-refractivity contribution in [3.05, 3.63) is 35.9 Å². The van der Waals surface area contributed by atoms with Crippen molar-refractivity contribution in [3.63, 3.8) is 0 Å². The van der Waals surface area contributed by atoms with E-state index in [1.807, 2.05) is 6.07 Å². The van der Waals surface area contributed by atoms with Crippen molar-refractivity contribution in [3.8, 4) is 0 Å². The van der Waals surface area contributed by atoms with E-state index >= 15 is 0 Å². The van der Waals surface area contributed by atoms with Gasteiger partial charge in [-0.25, -0.2) is 9.59 Å². The Morgan fingerprint density at radius 1 is 0.765 bits per heavy atom. The number of carbonyl (C=O) groups is 5. The van der Waals surface area contributed by atoms with Crippen LogP contribution in [0.25, 0.3) is 0 Å². The molecule has 0 saturated carbocycles. The van der Waals surface area contributed by atoms with Crippen LogP contribution in [0.15, 0.2) is 30.3 Å². The molecule has 0 spiro atoms. The maximum Gasteiger partial charge on any atom is 0.408 e. The van der Waals surface area contributed by atoms with Crippen molar-refractivity contribution in [2.75, 3.05) is 21.3 Å². The van der Waals surface area contributed by atoms with Crippen LogP contribution < -0.4 is 10.6 Å². The van der Waals surface area contributed by atoms with Gasteiger partial charge in [-0.15, -0.1) is 0 Å². The Morgan fingerprint density at radius 2 is 1.29 bits per heavy atom. The normalized spacial score (nSPS) is 13.3. The van der Waals surface area contributed by atoms with Crippen LogP contribution >= 0.6 is 0 Å². The van der Waals surface area contributed by atoms with Crippen LogP contribution in [0.2, 0.25) is 0 Å². The van der Waals surface area contributed by atoms with E-state index in [2.05, 4.69) is 20.1 Å². The van der Waals surface area contributed by atoms with E-state index in [4.69, 9.17) is 9.47 Å². The van der Waals surface area contributed by atoms with Crippen LogP contribution in [0.5, 0.6) is 0 Å². The minimum absolute atomic E-state index is 0.000859. The summed E-state index contributed by atoms with van der Waals surface area (Å²) in [7, 11) is 3.26. The number of methoxy groups -OCH3 is 3. The lowest BCUT2D eigenvalue weighted by Crippen LogP contribution is -2.57. The standard InChI is InChI=1S/C23H32N2O9/c1-13(2)17(25-23(30)34-12-15-10-8-7-9-11-15)19(26)24-18(22(29)33-6)14(3)16(20(27)31-4)21(28)32-5/h7-11,13-14,16-18H,12H2,1-6H3,(H,24,26)(H,25,30)/t14-,17+,18-/m1/s1. The first-order chi connectivity index (χ1) is 16.1. The number of hydrogen-bond acceptors (Lipinski definition) is 9. The molecule has 11 nitrogen and oxygen atoms in total. The molecule has 0 aliphatic rings. The third kappa shape index (κ3) is 8.05. The number of amides is 2. The number of alkyl carbamates (subject to hydrolysis) is 1. The maximum absolute atomic E-state index is 13.0. The van der Waals surface area contributed by atoms with E-state index in [9.17, 15) is 24.0 Å². The summed E-state index contributed by atoms with van der Waals surface area (Å²) in [6, 6.07) is 6.48. The second kappa shape index (κ2) is 13.8. The van der Waals surface area contributed by atoms with Gasteiger partial charge in [-0.1, -0.05) is 51.1 Å². The minimum Gasteiger partial charge on any atom is -0.468 e. The van der Waals surface area contributed by atoms with E-state index in [-0.39, 0.29) is 6.61 Å². The van der Waals surface area contributed by atoms with Crippen LogP contribution in [-0.2, 0) is 44.7 Å². The van der Waals surface area contributed by atoms with E-state index in [0.717, 1.165) is 26.9 Å². The molecule has 11 heteroatoms. The fourth-order valence-corrected chi connectivity index (χ4v) is 3.17. The Morgan fingerprint density at radius 3 is 1.76 bits per heavy atom. The Balaban J connectivity index is 3.00. The number of benzene rings is 1. The highest BCUT2D eigenvalue weighted by Gasteiger charge is 2.43. The molecule has 1 rings (SSSR count). The highest BCUT2D eigenvalue weighted by molar-refractivity contribution is 5.97. The Hall–Kier alpha value is -3.63. The molecule has 34 heavy (non-hydrogen) atoms. The molecule has 0 heterocycles. The van der Waals surface area contributed by atoms with E-state index < -0.39 is 59.7 Å². The molecule has 3 atom stereocenters. The summed E-state index contributed by atoms with van der Waals surface area (Å²) in [5, 5.41) is 4.94. The molecule has 0 saturated heterocycles. The molecule has 0 aliphatic heterocycles. The molecule has 1 aromatic carbocycles. The molecule has 0 fully saturated rings. The van der Waals surface area contributed by atoms with Gasteiger partial charge in [0.1, 0.15) is 18.7 Å². The SMILES string of the molecule is COC(=O)C(C(=O)OC)[C@@H](C)[C@@H](NC(=O)[C@@H](NC(=O)OCc1ccccc1)C(C)C)C(=O)OC. The van der Waals surface area contributed by atoms with Crippen LogP contribution in [0.3, 0.4) is 0 Å². The van der Waals surface area contributed by atoms with Crippen molar-refractivity contribution in [1.29, 1.82) is 0 Å². The average Bonchev–Trinajstić information content (AvgIpc) is 2.83. The minimum atomic E-state index is -1.50. The van der Waals surface area contributed by atoms with E-state index in [1.54, 1.807) is 38.1 Å². The summed E-state index contributed by atoms with van der Waals surface area (Å²) in [6.07, 6.45) is -0.831. The Bertz CT molecular complexity index is 841. The van der Waals surface area contributed by atoms with Crippen LogP contribution in [0.1, 0.15) is 26.3 Å². The lowest BCUT2D eigenvalue weighted by atomic mass is 9.86. The van der Waals surface area contributed by atoms with Gasteiger partial charge in [0.25, 0.3) is 0 Å². The third-order valence-corrected chi connectivity index (χ3v) is 5.15. The average molecular weight is 481 g/mol. The molecule has 188 valence electrons. The highest BCUT2D eigenvalue weighted by atomic mass is 16.6.